The third-order valence-corrected chi connectivity index (χ3v) is 6.35. The summed E-state index contributed by atoms with van der Waals surface area (Å²) in [5, 5.41) is 11.7. The number of rotatable bonds is 6. The Labute approximate surface area is 218 Å². The van der Waals surface area contributed by atoms with Gasteiger partial charge in [-0.1, -0.05) is 24.3 Å². The quantitative estimate of drug-likeness (QED) is 0.243. The van der Waals surface area contributed by atoms with E-state index < -0.39 is 17.7 Å². The summed E-state index contributed by atoms with van der Waals surface area (Å²) < 4.78 is 11.5. The fraction of sp³-hybridized carbons (Fsp3) is 0.290. The molecule has 6 nitrogen and oxygen atoms in total. The van der Waals surface area contributed by atoms with Gasteiger partial charge in [-0.2, -0.15) is 0 Å². The summed E-state index contributed by atoms with van der Waals surface area (Å²) in [6.45, 7) is 11.5. The van der Waals surface area contributed by atoms with Gasteiger partial charge in [-0.3, -0.25) is 14.5 Å². The summed E-state index contributed by atoms with van der Waals surface area (Å²) in [4.78, 5) is 28.7. The lowest BCUT2D eigenvalue weighted by molar-refractivity contribution is -0.132. The lowest BCUT2D eigenvalue weighted by Crippen LogP contribution is -2.29. The summed E-state index contributed by atoms with van der Waals surface area (Å²) in [6, 6.07) is 15.9. The second kappa shape index (κ2) is 10.1. The Balaban J connectivity index is 2.02. The predicted molar refractivity (Wildman–Crippen MR) is 145 cm³/mol. The molecule has 0 radical (unpaired) electrons. The molecule has 1 amide bonds. The minimum Gasteiger partial charge on any atom is -0.507 e. The van der Waals surface area contributed by atoms with Crippen LogP contribution in [0, 0.1) is 27.7 Å². The first-order valence-corrected chi connectivity index (χ1v) is 12.3. The van der Waals surface area contributed by atoms with Crippen molar-refractivity contribution in [1.29, 1.82) is 0 Å². The van der Waals surface area contributed by atoms with Crippen LogP contribution in [0.15, 0.2) is 60.2 Å². The first-order chi connectivity index (χ1) is 17.5. The van der Waals surface area contributed by atoms with Crippen LogP contribution >= 0.6 is 0 Å². The second-order valence-electron chi connectivity index (χ2n) is 9.92. The largest absolute Gasteiger partial charge is 0.507 e. The average molecular weight is 500 g/mol. The summed E-state index contributed by atoms with van der Waals surface area (Å²) in [7, 11) is 1.52. The fourth-order valence-corrected chi connectivity index (χ4v) is 5.08. The Hall–Kier alpha value is -4.06. The minimum absolute atomic E-state index is 0.00848. The van der Waals surface area contributed by atoms with Crippen molar-refractivity contribution in [3.8, 4) is 11.5 Å². The van der Waals surface area contributed by atoms with Gasteiger partial charge >= 0.3 is 0 Å². The lowest BCUT2D eigenvalue weighted by Gasteiger charge is -2.27. The van der Waals surface area contributed by atoms with Gasteiger partial charge in [0.15, 0.2) is 0 Å². The van der Waals surface area contributed by atoms with Crippen molar-refractivity contribution in [2.45, 2.75) is 53.7 Å². The number of anilines is 1. The van der Waals surface area contributed by atoms with Crippen molar-refractivity contribution >= 4 is 23.1 Å². The Morgan fingerprint density at radius 2 is 1.57 bits per heavy atom. The maximum atomic E-state index is 13.6. The molecular formula is C31H33NO5. The van der Waals surface area contributed by atoms with Crippen molar-refractivity contribution in [2.24, 2.45) is 0 Å². The zero-order chi connectivity index (χ0) is 27.0. The maximum absolute atomic E-state index is 13.6. The van der Waals surface area contributed by atoms with Crippen molar-refractivity contribution in [3.05, 3.63) is 93.6 Å². The number of ketones is 1. The van der Waals surface area contributed by atoms with Crippen molar-refractivity contribution in [1.82, 2.24) is 0 Å². The second-order valence-corrected chi connectivity index (χ2v) is 9.92. The van der Waals surface area contributed by atoms with Gasteiger partial charge in [0, 0.05) is 5.69 Å². The number of amides is 1. The number of hydrogen-bond donors (Lipinski definition) is 1. The standard InChI is InChI=1S/C31H33NO5/c1-17(2)37-24-10-8-9-22(16-24)27-26(28(33)25-15-20(5)12-21(6)30(25)36-7)29(34)31(35)32(27)23-13-18(3)11-19(4)14-23/h8-17,27,33H,1-7H3/b28-26+. The molecule has 1 saturated heterocycles. The number of carbonyl (C=O) groups is 2. The molecule has 6 heteroatoms. The Bertz CT molecular complexity index is 1400. The van der Waals surface area contributed by atoms with Crippen LogP contribution in [-0.2, 0) is 9.59 Å². The van der Waals surface area contributed by atoms with Gasteiger partial charge in [0.05, 0.1) is 30.4 Å². The number of benzene rings is 3. The molecule has 0 saturated carbocycles. The van der Waals surface area contributed by atoms with Gasteiger partial charge in [0.2, 0.25) is 0 Å². The molecule has 0 spiro atoms. The van der Waals surface area contributed by atoms with Crippen LogP contribution < -0.4 is 14.4 Å². The molecule has 4 rings (SSSR count). The van der Waals surface area contributed by atoms with Crippen LogP contribution in [0.1, 0.15) is 53.3 Å². The topological polar surface area (TPSA) is 76.1 Å². The number of Topliss-reactive ketones (excluding diaryl/α,β-unsaturated/α-hetero) is 1. The van der Waals surface area contributed by atoms with E-state index in [4.69, 9.17) is 9.47 Å². The highest BCUT2D eigenvalue weighted by Gasteiger charge is 2.47. The van der Waals surface area contributed by atoms with Gasteiger partial charge in [0.1, 0.15) is 17.3 Å². The highest BCUT2D eigenvalue weighted by molar-refractivity contribution is 6.51. The highest BCUT2D eigenvalue weighted by Crippen LogP contribution is 2.44. The average Bonchev–Trinajstić information content (AvgIpc) is 3.08. The van der Waals surface area contributed by atoms with E-state index in [1.54, 1.807) is 6.07 Å². The minimum atomic E-state index is -0.859. The van der Waals surface area contributed by atoms with Crippen LogP contribution in [-0.4, -0.2) is 30.0 Å². The number of aliphatic hydroxyl groups is 1. The van der Waals surface area contributed by atoms with Crippen molar-refractivity contribution < 1.29 is 24.2 Å². The Morgan fingerprint density at radius 3 is 2.19 bits per heavy atom. The first-order valence-electron chi connectivity index (χ1n) is 12.3. The third-order valence-electron chi connectivity index (χ3n) is 6.35. The summed E-state index contributed by atoms with van der Waals surface area (Å²) in [5.74, 6) is -0.652. The number of ether oxygens (including phenoxy) is 2. The number of aryl methyl sites for hydroxylation is 4. The monoisotopic (exact) mass is 499 g/mol. The molecule has 1 aliphatic rings. The molecule has 37 heavy (non-hydrogen) atoms. The molecule has 1 atom stereocenters. The van der Waals surface area contributed by atoms with E-state index in [9.17, 15) is 14.7 Å². The van der Waals surface area contributed by atoms with Gasteiger partial charge < -0.3 is 14.6 Å². The molecule has 1 fully saturated rings. The highest BCUT2D eigenvalue weighted by atomic mass is 16.5. The Kier molecular flexibility index (Phi) is 7.12. The SMILES string of the molecule is COc1c(C)cc(C)cc1/C(O)=C1\C(=O)C(=O)N(c2cc(C)cc(C)c2)C1c1cccc(OC(C)C)c1. The smallest absolute Gasteiger partial charge is 0.300 e. The molecule has 0 aromatic heterocycles. The molecule has 1 heterocycles. The normalized spacial score (nSPS) is 17.0. The summed E-state index contributed by atoms with van der Waals surface area (Å²) >= 11 is 0. The Morgan fingerprint density at radius 1 is 0.919 bits per heavy atom. The molecule has 3 aromatic carbocycles. The predicted octanol–water partition coefficient (Wildman–Crippen LogP) is 6.34. The molecule has 0 bridgehead atoms. The van der Waals surface area contributed by atoms with Crippen molar-refractivity contribution in [3.63, 3.8) is 0 Å². The van der Waals surface area contributed by atoms with E-state index in [0.29, 0.717) is 28.3 Å². The zero-order valence-corrected chi connectivity index (χ0v) is 22.4. The van der Waals surface area contributed by atoms with Crippen LogP contribution in [0.4, 0.5) is 5.69 Å². The number of nitrogens with zero attached hydrogens (tertiary/aromatic N) is 1. The molecule has 1 N–H and O–H groups in total. The molecule has 1 unspecified atom stereocenters. The lowest BCUT2D eigenvalue weighted by atomic mass is 9.93. The van der Waals surface area contributed by atoms with Gasteiger partial charge in [-0.05, 0) is 99.7 Å². The number of aliphatic hydroxyl groups excluding tert-OH is 1. The van der Waals surface area contributed by atoms with E-state index in [1.807, 2.05) is 90.1 Å². The maximum Gasteiger partial charge on any atom is 0.300 e. The van der Waals surface area contributed by atoms with Gasteiger partial charge in [-0.15, -0.1) is 0 Å². The number of carbonyl (C=O) groups excluding carboxylic acids is 2. The van der Waals surface area contributed by atoms with E-state index in [-0.39, 0.29) is 17.4 Å². The summed E-state index contributed by atoms with van der Waals surface area (Å²) in [6.07, 6.45) is -0.0550. The van der Waals surface area contributed by atoms with Gasteiger partial charge in [-0.25, -0.2) is 0 Å². The molecule has 1 aliphatic heterocycles. The molecule has 3 aromatic rings. The first kappa shape index (κ1) is 26.0. The van der Waals surface area contributed by atoms with Crippen LogP contribution in [0.5, 0.6) is 11.5 Å². The molecule has 192 valence electrons. The van der Waals surface area contributed by atoms with E-state index in [2.05, 4.69) is 0 Å². The van der Waals surface area contributed by atoms with Crippen LogP contribution in [0.3, 0.4) is 0 Å². The molecule has 0 aliphatic carbocycles. The van der Waals surface area contributed by atoms with Crippen LogP contribution in [0.2, 0.25) is 0 Å². The molecular weight excluding hydrogens is 466 g/mol. The van der Waals surface area contributed by atoms with Gasteiger partial charge in [0.25, 0.3) is 11.7 Å². The number of methoxy groups -OCH3 is 1. The van der Waals surface area contributed by atoms with E-state index in [0.717, 1.165) is 22.3 Å². The van der Waals surface area contributed by atoms with E-state index in [1.165, 1.54) is 12.0 Å². The number of hydrogen-bond acceptors (Lipinski definition) is 5. The van der Waals surface area contributed by atoms with E-state index >= 15 is 0 Å². The fourth-order valence-electron chi connectivity index (χ4n) is 5.08. The van der Waals surface area contributed by atoms with Crippen LogP contribution in [0.25, 0.3) is 5.76 Å². The summed E-state index contributed by atoms with van der Waals surface area (Å²) in [5.41, 5.74) is 5.26. The van der Waals surface area contributed by atoms with Crippen molar-refractivity contribution in [2.75, 3.05) is 12.0 Å². The zero-order valence-electron chi connectivity index (χ0n) is 22.4. The third kappa shape index (κ3) is 4.96.